The SMILES string of the molecule is O=C(O)c1cccc(S(=O)[O-])c1C(=O)O.[H-].[Na+]. The minimum Gasteiger partial charge on any atom is -1.00 e. The van der Waals surface area contributed by atoms with E-state index in [-0.39, 0.29) is 31.0 Å². The third kappa shape index (κ3) is 3.13. The van der Waals surface area contributed by atoms with Crippen molar-refractivity contribution in [1.82, 2.24) is 0 Å². The fourth-order valence-electron chi connectivity index (χ4n) is 1.07. The summed E-state index contributed by atoms with van der Waals surface area (Å²) >= 11 is -2.78. The first kappa shape index (κ1) is 15.3. The third-order valence-corrected chi connectivity index (χ3v) is 2.35. The molecule has 0 heterocycles. The number of rotatable bonds is 3. The summed E-state index contributed by atoms with van der Waals surface area (Å²) in [6, 6.07) is 3.22. The Morgan fingerprint density at radius 3 is 2.19 bits per heavy atom. The van der Waals surface area contributed by atoms with Crippen LogP contribution in [0.4, 0.5) is 0 Å². The van der Waals surface area contributed by atoms with Gasteiger partial charge < -0.3 is 16.2 Å². The van der Waals surface area contributed by atoms with E-state index in [2.05, 4.69) is 0 Å². The van der Waals surface area contributed by atoms with Gasteiger partial charge in [-0.1, -0.05) is 6.07 Å². The number of benzene rings is 1. The maximum absolute atomic E-state index is 10.7. The van der Waals surface area contributed by atoms with Crippen molar-refractivity contribution in [2.45, 2.75) is 4.90 Å². The molecule has 0 aliphatic rings. The number of carboxylic acids is 2. The molecule has 82 valence electrons. The van der Waals surface area contributed by atoms with Gasteiger partial charge in [-0.15, -0.1) is 0 Å². The van der Waals surface area contributed by atoms with Crippen LogP contribution in [-0.2, 0) is 11.1 Å². The molecular weight excluding hydrogens is 247 g/mol. The van der Waals surface area contributed by atoms with Crippen molar-refractivity contribution in [2.75, 3.05) is 0 Å². The molecule has 0 saturated carbocycles. The Labute approximate surface area is 116 Å². The van der Waals surface area contributed by atoms with Gasteiger partial charge in [-0.05, 0) is 23.2 Å². The second-order valence-corrected chi connectivity index (χ2v) is 3.43. The van der Waals surface area contributed by atoms with Crippen LogP contribution in [0, 0.1) is 0 Å². The van der Waals surface area contributed by atoms with Crippen molar-refractivity contribution in [2.24, 2.45) is 0 Å². The summed E-state index contributed by atoms with van der Waals surface area (Å²) in [4.78, 5) is 20.8. The molecule has 1 unspecified atom stereocenters. The first-order valence-corrected chi connectivity index (χ1v) is 4.71. The molecule has 1 rings (SSSR count). The zero-order valence-electron chi connectivity index (χ0n) is 9.17. The first-order valence-electron chi connectivity index (χ1n) is 3.64. The molecule has 0 radical (unpaired) electrons. The summed E-state index contributed by atoms with van der Waals surface area (Å²) < 4.78 is 21.3. The zero-order chi connectivity index (χ0) is 11.6. The monoisotopic (exact) mass is 253 g/mol. The molecule has 0 aliphatic carbocycles. The van der Waals surface area contributed by atoms with Gasteiger partial charge in [-0.25, -0.2) is 9.59 Å². The third-order valence-electron chi connectivity index (χ3n) is 1.65. The minimum atomic E-state index is -2.78. The Morgan fingerprint density at radius 2 is 1.81 bits per heavy atom. The van der Waals surface area contributed by atoms with Gasteiger partial charge in [0.25, 0.3) is 0 Å². The maximum Gasteiger partial charge on any atom is 1.00 e. The smallest absolute Gasteiger partial charge is 1.00 e. The second kappa shape index (κ2) is 6.12. The number of hydrogen-bond donors (Lipinski definition) is 2. The summed E-state index contributed by atoms with van der Waals surface area (Å²) in [5, 5.41) is 17.4. The fourth-order valence-corrected chi connectivity index (χ4v) is 1.62. The Balaban J connectivity index is 0. The average molecular weight is 253 g/mol. The Hall–Kier alpha value is -0.730. The molecule has 1 aromatic rings. The quantitative estimate of drug-likeness (QED) is 0.452. The van der Waals surface area contributed by atoms with E-state index in [0.717, 1.165) is 12.1 Å². The van der Waals surface area contributed by atoms with Gasteiger partial charge in [0.05, 0.1) is 11.1 Å². The van der Waals surface area contributed by atoms with Crippen molar-refractivity contribution in [1.29, 1.82) is 0 Å². The predicted molar refractivity (Wildman–Crippen MR) is 48.7 cm³/mol. The molecule has 0 amide bonds. The normalized spacial score (nSPS) is 11.3. The number of carbonyl (C=O) groups is 2. The van der Waals surface area contributed by atoms with Crippen LogP contribution in [-0.4, -0.2) is 30.9 Å². The minimum absolute atomic E-state index is 0. The molecule has 1 atom stereocenters. The molecular formula is C8H6NaO6S-. The Kier molecular flexibility index (Phi) is 5.84. The van der Waals surface area contributed by atoms with E-state index in [9.17, 15) is 18.4 Å². The van der Waals surface area contributed by atoms with Crippen molar-refractivity contribution in [3.8, 4) is 0 Å². The first-order chi connectivity index (χ1) is 6.95. The molecule has 0 aliphatic heterocycles. The van der Waals surface area contributed by atoms with Gasteiger partial charge in [0.2, 0.25) is 0 Å². The van der Waals surface area contributed by atoms with Crippen LogP contribution < -0.4 is 29.6 Å². The van der Waals surface area contributed by atoms with Crippen molar-refractivity contribution >= 4 is 23.0 Å². The fraction of sp³-hybridized carbons (Fsp3) is 0. The standard InChI is InChI=1S/C8H6O6S.Na.H/c9-7(10)4-2-1-3-5(15(13)14)6(4)8(11)12;;/h1-3H,(H,9,10)(H,11,12)(H,13,14);;/q;+1;-1/p-1. The number of hydrogen-bond acceptors (Lipinski definition) is 4. The van der Waals surface area contributed by atoms with Crippen LogP contribution in [0.3, 0.4) is 0 Å². The largest absolute Gasteiger partial charge is 1.00 e. The van der Waals surface area contributed by atoms with Crippen LogP contribution in [0.5, 0.6) is 0 Å². The molecule has 8 heteroatoms. The molecule has 2 N–H and O–H groups in total. The summed E-state index contributed by atoms with van der Waals surface area (Å²) in [6.45, 7) is 0. The van der Waals surface area contributed by atoms with E-state index < -0.39 is 39.0 Å². The van der Waals surface area contributed by atoms with Crippen molar-refractivity contribution in [3.63, 3.8) is 0 Å². The van der Waals surface area contributed by atoms with Gasteiger partial charge in [0, 0.05) is 4.90 Å². The van der Waals surface area contributed by atoms with Crippen LogP contribution in [0.2, 0.25) is 0 Å². The molecule has 0 bridgehead atoms. The topological polar surface area (TPSA) is 115 Å². The maximum atomic E-state index is 10.7. The van der Waals surface area contributed by atoms with Gasteiger partial charge in [-0.2, -0.15) is 0 Å². The van der Waals surface area contributed by atoms with E-state index in [1.807, 2.05) is 0 Å². The van der Waals surface area contributed by atoms with Crippen LogP contribution >= 0.6 is 0 Å². The zero-order valence-corrected chi connectivity index (χ0v) is 11.0. The van der Waals surface area contributed by atoms with Crippen LogP contribution in [0.15, 0.2) is 23.1 Å². The Morgan fingerprint density at radius 1 is 1.25 bits per heavy atom. The van der Waals surface area contributed by atoms with Crippen molar-refractivity contribution in [3.05, 3.63) is 29.3 Å². The van der Waals surface area contributed by atoms with Crippen LogP contribution in [0.1, 0.15) is 22.1 Å². The van der Waals surface area contributed by atoms with Crippen LogP contribution in [0.25, 0.3) is 0 Å². The molecule has 1 aromatic carbocycles. The van der Waals surface area contributed by atoms with E-state index in [1.165, 1.54) is 6.07 Å². The summed E-state index contributed by atoms with van der Waals surface area (Å²) in [5.74, 6) is -3.08. The van der Waals surface area contributed by atoms with Gasteiger partial charge >= 0.3 is 41.5 Å². The Bertz CT molecular complexity index is 431. The van der Waals surface area contributed by atoms with E-state index in [4.69, 9.17) is 10.2 Å². The van der Waals surface area contributed by atoms with E-state index in [1.54, 1.807) is 0 Å². The molecule has 0 spiro atoms. The summed E-state index contributed by atoms with van der Waals surface area (Å²) in [6.07, 6.45) is 0. The van der Waals surface area contributed by atoms with E-state index in [0.29, 0.717) is 0 Å². The van der Waals surface area contributed by atoms with Gasteiger partial charge in [0.1, 0.15) is 0 Å². The molecule has 16 heavy (non-hydrogen) atoms. The molecule has 6 nitrogen and oxygen atoms in total. The second-order valence-electron chi connectivity index (χ2n) is 2.52. The average Bonchev–Trinajstić information content (AvgIpc) is 2.16. The van der Waals surface area contributed by atoms with E-state index >= 15 is 0 Å². The summed E-state index contributed by atoms with van der Waals surface area (Å²) in [5.41, 5.74) is -1.28. The predicted octanol–water partition coefficient (Wildman–Crippen LogP) is -2.56. The van der Waals surface area contributed by atoms with Crippen molar-refractivity contribution < 1.29 is 59.5 Å². The molecule has 0 fully saturated rings. The molecule has 0 saturated heterocycles. The molecule has 0 aromatic heterocycles. The van der Waals surface area contributed by atoms with Gasteiger partial charge in [-0.3, -0.25) is 4.21 Å². The van der Waals surface area contributed by atoms with Gasteiger partial charge in [0.15, 0.2) is 0 Å². The number of aromatic carboxylic acids is 2. The summed E-state index contributed by atoms with van der Waals surface area (Å²) in [7, 11) is 0. The number of carboxylic acid groups (broad SMARTS) is 2.